The summed E-state index contributed by atoms with van der Waals surface area (Å²) in [6.45, 7) is -3.13. The zero-order valence-corrected chi connectivity index (χ0v) is 15.2. The predicted molar refractivity (Wildman–Crippen MR) is 92.6 cm³/mol. The van der Waals surface area contributed by atoms with E-state index < -0.39 is 32.8 Å². The Balaban J connectivity index is 2.39. The first-order chi connectivity index (χ1) is 12.7. The van der Waals surface area contributed by atoms with Crippen LogP contribution in [-0.2, 0) is 16.4 Å². The summed E-state index contributed by atoms with van der Waals surface area (Å²) in [6.07, 6.45) is 5.71. The molecule has 2 rings (SSSR count). The lowest BCUT2D eigenvalue weighted by Gasteiger charge is -2.26. The number of halogens is 2. The molecule has 27 heavy (non-hydrogen) atoms. The van der Waals surface area contributed by atoms with Crippen LogP contribution in [0.15, 0.2) is 12.1 Å². The van der Waals surface area contributed by atoms with E-state index in [0.29, 0.717) is 6.42 Å². The van der Waals surface area contributed by atoms with Crippen molar-refractivity contribution in [3.63, 3.8) is 0 Å². The van der Waals surface area contributed by atoms with Crippen molar-refractivity contribution in [3.8, 4) is 23.8 Å². The Kier molecular flexibility index (Phi) is 6.56. The van der Waals surface area contributed by atoms with Gasteiger partial charge in [0.25, 0.3) is 5.69 Å². The molecule has 1 aliphatic heterocycles. The molecule has 0 aliphatic carbocycles. The van der Waals surface area contributed by atoms with E-state index in [-0.39, 0.29) is 42.0 Å². The Morgan fingerprint density at radius 2 is 2.15 bits per heavy atom. The van der Waals surface area contributed by atoms with Crippen LogP contribution in [0.3, 0.4) is 0 Å². The molecule has 8 nitrogen and oxygen atoms in total. The fourth-order valence-electron chi connectivity index (χ4n) is 2.95. The number of hydrogen-bond acceptors (Lipinski definition) is 7. The number of ether oxygens (including phenoxy) is 2. The fourth-order valence-corrected chi connectivity index (χ4v) is 4.71. The van der Waals surface area contributed by atoms with Crippen molar-refractivity contribution >= 4 is 15.5 Å². The first-order valence-corrected chi connectivity index (χ1v) is 9.67. The van der Waals surface area contributed by atoms with Gasteiger partial charge in [-0.1, -0.05) is 5.92 Å². The van der Waals surface area contributed by atoms with Crippen molar-refractivity contribution in [2.45, 2.75) is 25.6 Å². The van der Waals surface area contributed by atoms with Crippen LogP contribution in [0.4, 0.5) is 14.5 Å². The molecule has 11 heteroatoms. The predicted octanol–water partition coefficient (Wildman–Crippen LogP) is 1.83. The summed E-state index contributed by atoms with van der Waals surface area (Å²) in [7, 11) is -1.97. The normalized spacial score (nSPS) is 18.4. The Hall–Kier alpha value is -2.45. The molecular formula is C16H18F2N2O6S. The maximum atomic E-state index is 12.5. The molecule has 0 spiro atoms. The average molecular weight is 404 g/mol. The monoisotopic (exact) mass is 404 g/mol. The second-order valence-corrected chi connectivity index (χ2v) is 8.16. The third-order valence-corrected chi connectivity index (χ3v) is 5.92. The molecular weight excluding hydrogens is 386 g/mol. The third kappa shape index (κ3) is 5.27. The number of nitro groups is 1. The highest BCUT2D eigenvalue weighted by molar-refractivity contribution is 7.91. The maximum Gasteiger partial charge on any atom is 0.387 e. The summed E-state index contributed by atoms with van der Waals surface area (Å²) in [5.41, 5.74) is -0.299. The number of nitro benzene ring substituents is 1. The molecule has 148 valence electrons. The lowest BCUT2D eigenvalue weighted by Crippen LogP contribution is -2.36. The van der Waals surface area contributed by atoms with Gasteiger partial charge in [-0.3, -0.25) is 15.0 Å². The Morgan fingerprint density at radius 3 is 2.63 bits per heavy atom. The zero-order valence-electron chi connectivity index (χ0n) is 14.4. The minimum absolute atomic E-state index is 0.0192. The molecule has 1 unspecified atom stereocenters. The van der Waals surface area contributed by atoms with Gasteiger partial charge in [0.1, 0.15) is 0 Å². The number of terminal acetylenes is 1. The minimum Gasteiger partial charge on any atom is -0.493 e. The number of alkyl halides is 2. The molecule has 0 N–H and O–H groups in total. The summed E-state index contributed by atoms with van der Waals surface area (Å²) < 4.78 is 57.8. The number of hydrogen-bond donors (Lipinski definition) is 0. The van der Waals surface area contributed by atoms with Crippen molar-refractivity contribution in [2.24, 2.45) is 0 Å². The van der Waals surface area contributed by atoms with Gasteiger partial charge < -0.3 is 9.47 Å². The molecule has 1 aromatic rings. The highest BCUT2D eigenvalue weighted by Gasteiger charge is 2.33. The van der Waals surface area contributed by atoms with Crippen LogP contribution >= 0.6 is 0 Å². The van der Waals surface area contributed by atoms with Crippen LogP contribution in [0.1, 0.15) is 12.0 Å². The third-order valence-electron chi connectivity index (χ3n) is 4.17. The molecule has 0 bridgehead atoms. The summed E-state index contributed by atoms with van der Waals surface area (Å²) in [4.78, 5) is 12.3. The lowest BCUT2D eigenvalue weighted by atomic mass is 10.1. The summed E-state index contributed by atoms with van der Waals surface area (Å²) in [5.74, 6) is 1.78. The van der Waals surface area contributed by atoms with Gasteiger partial charge in [-0.15, -0.1) is 6.42 Å². The summed E-state index contributed by atoms with van der Waals surface area (Å²) >= 11 is 0. The van der Waals surface area contributed by atoms with Gasteiger partial charge >= 0.3 is 6.61 Å². The molecule has 1 aliphatic rings. The molecule has 1 aromatic carbocycles. The highest BCUT2D eigenvalue weighted by Crippen LogP contribution is 2.36. The maximum absolute atomic E-state index is 12.5. The van der Waals surface area contributed by atoms with E-state index in [1.54, 1.807) is 4.90 Å². The quantitative estimate of drug-likeness (QED) is 0.370. The molecule has 1 heterocycles. The molecule has 0 saturated carbocycles. The largest absolute Gasteiger partial charge is 0.493 e. The van der Waals surface area contributed by atoms with Crippen LogP contribution in [0.2, 0.25) is 0 Å². The van der Waals surface area contributed by atoms with Crippen LogP contribution in [-0.4, -0.2) is 56.1 Å². The number of methoxy groups -OCH3 is 1. The van der Waals surface area contributed by atoms with Crippen molar-refractivity contribution < 1.29 is 31.6 Å². The standard InChI is InChI=1S/C16H18F2N2O6S/c1-3-5-19(12-4-6-27(23,24)10-12)9-11-7-14(25-2)15(26-16(17)18)8-13(11)20(21)22/h1,7-8,12,16H,4-6,9-10H2,2H3. The molecule has 0 amide bonds. The van der Waals surface area contributed by atoms with Crippen molar-refractivity contribution in [1.82, 2.24) is 4.90 Å². The van der Waals surface area contributed by atoms with Crippen LogP contribution in [0, 0.1) is 22.5 Å². The second-order valence-electron chi connectivity index (χ2n) is 5.93. The summed E-state index contributed by atoms with van der Waals surface area (Å²) in [6, 6.07) is 1.71. The van der Waals surface area contributed by atoms with Crippen LogP contribution in [0.25, 0.3) is 0 Å². The second kappa shape index (κ2) is 8.49. The molecule has 0 aromatic heterocycles. The van der Waals surface area contributed by atoms with Gasteiger partial charge in [-0.05, 0) is 12.5 Å². The Labute approximate surface area is 155 Å². The van der Waals surface area contributed by atoms with Crippen molar-refractivity contribution in [2.75, 3.05) is 25.2 Å². The van der Waals surface area contributed by atoms with E-state index >= 15 is 0 Å². The molecule has 0 radical (unpaired) electrons. The molecule has 1 fully saturated rings. The van der Waals surface area contributed by atoms with Gasteiger partial charge in [0.2, 0.25) is 0 Å². The number of benzene rings is 1. The van der Waals surface area contributed by atoms with E-state index in [0.717, 1.165) is 6.07 Å². The molecule has 1 atom stereocenters. The van der Waals surface area contributed by atoms with Crippen LogP contribution in [0.5, 0.6) is 11.5 Å². The summed E-state index contributed by atoms with van der Waals surface area (Å²) in [5, 5.41) is 11.4. The number of sulfone groups is 1. The van der Waals surface area contributed by atoms with Gasteiger partial charge in [0.15, 0.2) is 21.3 Å². The Bertz CT molecular complexity index is 853. The average Bonchev–Trinajstić information content (AvgIpc) is 2.94. The highest BCUT2D eigenvalue weighted by atomic mass is 32.2. The fraction of sp³-hybridized carbons (Fsp3) is 0.500. The SMILES string of the molecule is C#CCN(Cc1cc(OC)c(OC(F)F)cc1[N+](=O)[O-])C1CCS(=O)(=O)C1. The smallest absolute Gasteiger partial charge is 0.387 e. The van der Waals surface area contributed by atoms with Gasteiger partial charge in [-0.2, -0.15) is 8.78 Å². The minimum atomic E-state index is -3.18. The molecule has 1 saturated heterocycles. The van der Waals surface area contributed by atoms with E-state index in [1.165, 1.54) is 13.2 Å². The Morgan fingerprint density at radius 1 is 1.44 bits per heavy atom. The first kappa shape index (κ1) is 20.9. The van der Waals surface area contributed by atoms with E-state index in [9.17, 15) is 27.3 Å². The van der Waals surface area contributed by atoms with Gasteiger partial charge in [0.05, 0.1) is 36.1 Å². The number of rotatable bonds is 8. The van der Waals surface area contributed by atoms with Gasteiger partial charge in [-0.25, -0.2) is 8.42 Å². The first-order valence-electron chi connectivity index (χ1n) is 7.85. The van der Waals surface area contributed by atoms with Crippen molar-refractivity contribution in [1.29, 1.82) is 0 Å². The van der Waals surface area contributed by atoms with Crippen LogP contribution < -0.4 is 9.47 Å². The van der Waals surface area contributed by atoms with Gasteiger partial charge in [0, 0.05) is 18.2 Å². The topological polar surface area (TPSA) is 99.0 Å². The zero-order chi connectivity index (χ0) is 20.2. The lowest BCUT2D eigenvalue weighted by molar-refractivity contribution is -0.385. The van der Waals surface area contributed by atoms with E-state index in [1.807, 2.05) is 0 Å². The van der Waals surface area contributed by atoms with E-state index in [2.05, 4.69) is 10.7 Å². The van der Waals surface area contributed by atoms with Crippen molar-refractivity contribution in [3.05, 3.63) is 27.8 Å². The van der Waals surface area contributed by atoms with E-state index in [4.69, 9.17) is 11.2 Å². The number of nitrogens with zero attached hydrogens (tertiary/aromatic N) is 2.